The standard InChI is InChI=1S/C20H25ClN2O5S/c1-27-19-10-9-17(12-18(19)21)29(25,26)23(15-6-3-2-4-7-15)14-20(24)22-13-16-8-5-11-28-16/h5,8-12,15H,2-4,6-7,13-14H2,1H3,(H,22,24). The molecule has 1 amide bonds. The number of amides is 1. The number of methoxy groups -OCH3 is 1. The summed E-state index contributed by atoms with van der Waals surface area (Å²) in [4.78, 5) is 12.6. The Morgan fingerprint density at radius 3 is 2.66 bits per heavy atom. The smallest absolute Gasteiger partial charge is 0.243 e. The first-order valence-electron chi connectivity index (χ1n) is 9.56. The van der Waals surface area contributed by atoms with Crippen LogP contribution >= 0.6 is 11.6 Å². The van der Waals surface area contributed by atoms with E-state index in [1.807, 2.05) is 0 Å². The highest BCUT2D eigenvalue weighted by Gasteiger charge is 2.34. The molecule has 158 valence electrons. The van der Waals surface area contributed by atoms with Crippen molar-refractivity contribution in [1.29, 1.82) is 0 Å². The fourth-order valence-electron chi connectivity index (χ4n) is 3.52. The van der Waals surface area contributed by atoms with Crippen LogP contribution in [0.2, 0.25) is 5.02 Å². The molecule has 2 aromatic rings. The zero-order valence-corrected chi connectivity index (χ0v) is 17.8. The van der Waals surface area contributed by atoms with E-state index in [4.69, 9.17) is 20.8 Å². The van der Waals surface area contributed by atoms with Crippen molar-refractivity contribution < 1.29 is 22.4 Å². The Balaban J connectivity index is 1.81. The fraction of sp³-hybridized carbons (Fsp3) is 0.450. The molecular formula is C20H25ClN2O5S. The highest BCUT2D eigenvalue weighted by molar-refractivity contribution is 7.89. The predicted octanol–water partition coefficient (Wildman–Crippen LogP) is 3.58. The Hall–Kier alpha value is -2.03. The second-order valence-corrected chi connectivity index (χ2v) is 9.29. The van der Waals surface area contributed by atoms with Crippen LogP contribution in [0.5, 0.6) is 5.75 Å². The highest BCUT2D eigenvalue weighted by atomic mass is 35.5. The fourth-order valence-corrected chi connectivity index (χ4v) is 5.51. The summed E-state index contributed by atoms with van der Waals surface area (Å²) in [6, 6.07) is 7.60. The Kier molecular flexibility index (Phi) is 7.21. The zero-order chi connectivity index (χ0) is 20.9. The van der Waals surface area contributed by atoms with Gasteiger partial charge in [-0.3, -0.25) is 4.79 Å². The first-order valence-corrected chi connectivity index (χ1v) is 11.4. The number of rotatable bonds is 8. The number of furan rings is 1. The van der Waals surface area contributed by atoms with E-state index < -0.39 is 10.0 Å². The van der Waals surface area contributed by atoms with Gasteiger partial charge in [-0.25, -0.2) is 8.42 Å². The van der Waals surface area contributed by atoms with Gasteiger partial charge in [0, 0.05) is 6.04 Å². The van der Waals surface area contributed by atoms with Gasteiger partial charge in [0.05, 0.1) is 36.4 Å². The number of hydrogen-bond donors (Lipinski definition) is 1. The number of halogens is 1. The lowest BCUT2D eigenvalue weighted by atomic mass is 9.95. The third-order valence-electron chi connectivity index (χ3n) is 5.05. The molecule has 1 saturated carbocycles. The van der Waals surface area contributed by atoms with E-state index in [2.05, 4.69) is 5.32 Å². The SMILES string of the molecule is COc1ccc(S(=O)(=O)N(CC(=O)NCc2ccco2)C2CCCCC2)cc1Cl. The number of sulfonamides is 1. The van der Waals surface area contributed by atoms with Gasteiger partial charge in [-0.05, 0) is 43.2 Å². The van der Waals surface area contributed by atoms with Crippen LogP contribution in [0.15, 0.2) is 45.9 Å². The van der Waals surface area contributed by atoms with Crippen molar-refractivity contribution in [2.24, 2.45) is 0 Å². The van der Waals surface area contributed by atoms with Crippen LogP contribution in [0, 0.1) is 0 Å². The Labute approximate surface area is 176 Å². The van der Waals surface area contributed by atoms with Gasteiger partial charge in [0.1, 0.15) is 11.5 Å². The summed E-state index contributed by atoms with van der Waals surface area (Å²) in [6.45, 7) is -0.0455. The largest absolute Gasteiger partial charge is 0.495 e. The van der Waals surface area contributed by atoms with Crippen LogP contribution < -0.4 is 10.1 Å². The third-order valence-corrected chi connectivity index (χ3v) is 7.24. The van der Waals surface area contributed by atoms with Crippen molar-refractivity contribution in [1.82, 2.24) is 9.62 Å². The van der Waals surface area contributed by atoms with Gasteiger partial charge in [0.15, 0.2) is 0 Å². The van der Waals surface area contributed by atoms with E-state index in [-0.39, 0.29) is 35.0 Å². The van der Waals surface area contributed by atoms with E-state index in [0.717, 1.165) is 32.1 Å². The number of ether oxygens (including phenoxy) is 1. The van der Waals surface area contributed by atoms with E-state index in [9.17, 15) is 13.2 Å². The summed E-state index contributed by atoms with van der Waals surface area (Å²) in [5.41, 5.74) is 0. The van der Waals surface area contributed by atoms with Crippen molar-refractivity contribution in [2.45, 2.75) is 49.6 Å². The molecule has 1 N–H and O–H groups in total. The topological polar surface area (TPSA) is 88.9 Å². The molecule has 0 radical (unpaired) electrons. The normalized spacial score (nSPS) is 15.4. The predicted molar refractivity (Wildman–Crippen MR) is 109 cm³/mol. The maximum atomic E-state index is 13.4. The summed E-state index contributed by atoms with van der Waals surface area (Å²) in [7, 11) is -2.44. The zero-order valence-electron chi connectivity index (χ0n) is 16.3. The minimum absolute atomic E-state index is 0.0488. The molecule has 0 aliphatic heterocycles. The first-order chi connectivity index (χ1) is 13.9. The molecule has 0 unspecified atom stereocenters. The quantitative estimate of drug-likeness (QED) is 0.677. The van der Waals surface area contributed by atoms with Crippen LogP contribution in [0.1, 0.15) is 37.9 Å². The Bertz CT molecular complexity index is 924. The van der Waals surface area contributed by atoms with Crippen LogP contribution in [0.4, 0.5) is 0 Å². The summed E-state index contributed by atoms with van der Waals surface area (Å²) in [6.07, 6.45) is 5.93. The van der Waals surface area contributed by atoms with Gasteiger partial charge >= 0.3 is 0 Å². The number of hydrogen-bond acceptors (Lipinski definition) is 5. The van der Waals surface area contributed by atoms with E-state index in [0.29, 0.717) is 11.5 Å². The molecule has 3 rings (SSSR count). The molecule has 1 aromatic carbocycles. The number of nitrogens with zero attached hydrogens (tertiary/aromatic N) is 1. The lowest BCUT2D eigenvalue weighted by Crippen LogP contribution is -2.46. The van der Waals surface area contributed by atoms with Gasteiger partial charge in [-0.2, -0.15) is 4.31 Å². The van der Waals surface area contributed by atoms with Gasteiger partial charge in [-0.15, -0.1) is 0 Å². The second-order valence-electron chi connectivity index (χ2n) is 6.99. The summed E-state index contributed by atoms with van der Waals surface area (Å²) in [5.74, 6) is 0.619. The van der Waals surface area contributed by atoms with E-state index >= 15 is 0 Å². The number of carbonyl (C=O) groups excluding carboxylic acids is 1. The van der Waals surface area contributed by atoms with Crippen molar-refractivity contribution in [3.63, 3.8) is 0 Å². The average Bonchev–Trinajstić information content (AvgIpc) is 3.24. The lowest BCUT2D eigenvalue weighted by molar-refractivity contribution is -0.122. The van der Waals surface area contributed by atoms with Crippen molar-refractivity contribution in [2.75, 3.05) is 13.7 Å². The third kappa shape index (κ3) is 5.32. The molecule has 29 heavy (non-hydrogen) atoms. The monoisotopic (exact) mass is 440 g/mol. The number of nitrogens with one attached hydrogen (secondary N) is 1. The van der Waals surface area contributed by atoms with Gasteiger partial charge in [-0.1, -0.05) is 30.9 Å². The molecule has 7 nitrogen and oxygen atoms in total. The van der Waals surface area contributed by atoms with Crippen LogP contribution in [0.3, 0.4) is 0 Å². The molecule has 0 saturated heterocycles. The number of carbonyl (C=O) groups is 1. The maximum absolute atomic E-state index is 13.4. The van der Waals surface area contributed by atoms with Crippen LogP contribution in [0.25, 0.3) is 0 Å². The molecular weight excluding hydrogens is 416 g/mol. The Morgan fingerprint density at radius 1 is 1.28 bits per heavy atom. The van der Waals surface area contributed by atoms with Gasteiger partial charge in [0.2, 0.25) is 15.9 Å². The second kappa shape index (κ2) is 9.65. The molecule has 9 heteroatoms. The Morgan fingerprint density at radius 2 is 2.03 bits per heavy atom. The molecule has 1 aliphatic rings. The van der Waals surface area contributed by atoms with Crippen LogP contribution in [-0.4, -0.2) is 38.3 Å². The van der Waals surface area contributed by atoms with Crippen LogP contribution in [-0.2, 0) is 21.4 Å². The minimum atomic E-state index is -3.91. The van der Waals surface area contributed by atoms with E-state index in [1.54, 1.807) is 12.1 Å². The number of benzene rings is 1. The highest BCUT2D eigenvalue weighted by Crippen LogP contribution is 2.31. The summed E-state index contributed by atoms with van der Waals surface area (Å²) < 4.78 is 38.4. The molecule has 1 aromatic heterocycles. The van der Waals surface area contributed by atoms with Crippen molar-refractivity contribution in [3.8, 4) is 5.75 Å². The van der Waals surface area contributed by atoms with Crippen molar-refractivity contribution >= 4 is 27.5 Å². The average molecular weight is 441 g/mol. The molecule has 0 spiro atoms. The van der Waals surface area contributed by atoms with Gasteiger partial charge in [0.25, 0.3) is 0 Å². The molecule has 1 aliphatic carbocycles. The first kappa shape index (κ1) is 21.7. The van der Waals surface area contributed by atoms with E-state index in [1.165, 1.54) is 35.9 Å². The molecule has 0 bridgehead atoms. The molecule has 1 fully saturated rings. The summed E-state index contributed by atoms with van der Waals surface area (Å²) >= 11 is 6.14. The minimum Gasteiger partial charge on any atom is -0.495 e. The molecule has 0 atom stereocenters. The van der Waals surface area contributed by atoms with Crippen molar-refractivity contribution in [3.05, 3.63) is 47.4 Å². The lowest BCUT2D eigenvalue weighted by Gasteiger charge is -2.33. The summed E-state index contributed by atoms with van der Waals surface area (Å²) in [5, 5.41) is 2.93. The van der Waals surface area contributed by atoms with Gasteiger partial charge < -0.3 is 14.5 Å². The molecule has 1 heterocycles. The maximum Gasteiger partial charge on any atom is 0.243 e.